The molecule has 1 fully saturated rings. The monoisotopic (exact) mass is 352 g/mol. The highest BCUT2D eigenvalue weighted by Gasteiger charge is 2.31. The molecule has 0 radical (unpaired) electrons. The van der Waals surface area contributed by atoms with Crippen molar-refractivity contribution in [3.8, 4) is 11.5 Å². The Morgan fingerprint density at radius 1 is 1.08 bits per heavy atom. The predicted octanol–water partition coefficient (Wildman–Crippen LogP) is 2.95. The number of carbonyl (C=O) groups is 1. The molecular weight excluding hydrogens is 332 g/mol. The lowest BCUT2D eigenvalue weighted by Gasteiger charge is -2.26. The quantitative estimate of drug-likeness (QED) is 0.781. The number of H-pyrrole nitrogens is 1. The lowest BCUT2D eigenvalue weighted by molar-refractivity contribution is 0.0735. The summed E-state index contributed by atoms with van der Waals surface area (Å²) in [6.07, 6.45) is 1.89. The molecule has 0 unspecified atom stereocenters. The third-order valence-corrected chi connectivity index (χ3v) is 4.87. The molecule has 0 spiro atoms. The number of amides is 1. The smallest absolute Gasteiger partial charge is 0.254 e. The Balaban J connectivity index is 1.64. The van der Waals surface area contributed by atoms with E-state index in [0.29, 0.717) is 22.6 Å². The maximum Gasteiger partial charge on any atom is 0.254 e. The van der Waals surface area contributed by atoms with Crippen molar-refractivity contribution in [1.82, 2.24) is 20.3 Å². The van der Waals surface area contributed by atoms with Gasteiger partial charge in [-0.05, 0) is 48.7 Å². The minimum atomic E-state index is 0.00665. The van der Waals surface area contributed by atoms with E-state index in [9.17, 15) is 4.79 Å². The molecule has 7 nitrogen and oxygen atoms in total. The molecule has 1 N–H and O–H groups in total. The molecule has 1 amide bonds. The van der Waals surface area contributed by atoms with Crippen LogP contribution < -0.4 is 9.47 Å². The number of rotatable bonds is 4. The van der Waals surface area contributed by atoms with Crippen molar-refractivity contribution in [2.45, 2.75) is 18.9 Å². The van der Waals surface area contributed by atoms with Crippen molar-refractivity contribution in [2.75, 3.05) is 20.8 Å². The number of hydrogen-bond donors (Lipinski definition) is 1. The van der Waals surface area contributed by atoms with E-state index in [-0.39, 0.29) is 11.9 Å². The van der Waals surface area contributed by atoms with Crippen LogP contribution in [0.1, 0.15) is 34.8 Å². The zero-order chi connectivity index (χ0) is 18.1. The van der Waals surface area contributed by atoms with Crippen molar-refractivity contribution >= 4 is 16.9 Å². The molecule has 0 saturated carbocycles. The zero-order valence-electron chi connectivity index (χ0n) is 14.7. The fourth-order valence-electron chi connectivity index (χ4n) is 3.56. The number of aromatic amines is 1. The first kappa shape index (κ1) is 16.4. The largest absolute Gasteiger partial charge is 0.493 e. The van der Waals surface area contributed by atoms with E-state index in [2.05, 4.69) is 15.4 Å². The first-order valence-corrected chi connectivity index (χ1v) is 8.54. The molecule has 0 aliphatic carbocycles. The van der Waals surface area contributed by atoms with E-state index in [1.54, 1.807) is 26.4 Å². The molecule has 1 saturated heterocycles. The summed E-state index contributed by atoms with van der Waals surface area (Å²) < 4.78 is 10.7. The van der Waals surface area contributed by atoms with Crippen molar-refractivity contribution in [3.05, 3.63) is 47.5 Å². The van der Waals surface area contributed by atoms with E-state index in [1.807, 2.05) is 29.2 Å². The van der Waals surface area contributed by atoms with E-state index >= 15 is 0 Å². The Hall–Kier alpha value is -3.09. The average Bonchev–Trinajstić information content (AvgIpc) is 3.35. The Kier molecular flexibility index (Phi) is 4.20. The number of aromatic nitrogens is 3. The van der Waals surface area contributed by atoms with Crippen LogP contribution in [-0.2, 0) is 0 Å². The second kappa shape index (κ2) is 6.67. The summed E-state index contributed by atoms with van der Waals surface area (Å²) >= 11 is 0. The Labute approximate surface area is 150 Å². The molecule has 1 aliphatic heterocycles. The maximum atomic E-state index is 13.1. The van der Waals surface area contributed by atoms with Crippen LogP contribution in [0.5, 0.6) is 11.5 Å². The highest BCUT2D eigenvalue weighted by Crippen LogP contribution is 2.37. The summed E-state index contributed by atoms with van der Waals surface area (Å²) in [7, 11) is 3.23. The van der Waals surface area contributed by atoms with Gasteiger partial charge in [0, 0.05) is 12.1 Å². The number of carbonyl (C=O) groups excluding carboxylic acids is 1. The molecular formula is C19H20N4O3. The zero-order valence-corrected chi connectivity index (χ0v) is 14.7. The molecule has 1 atom stereocenters. The molecule has 134 valence electrons. The summed E-state index contributed by atoms with van der Waals surface area (Å²) in [5, 5.41) is 10.7. The first-order valence-electron chi connectivity index (χ1n) is 8.54. The van der Waals surface area contributed by atoms with E-state index in [4.69, 9.17) is 9.47 Å². The highest BCUT2D eigenvalue weighted by molar-refractivity contribution is 5.97. The van der Waals surface area contributed by atoms with Crippen LogP contribution >= 0.6 is 0 Å². The third-order valence-electron chi connectivity index (χ3n) is 4.87. The second-order valence-corrected chi connectivity index (χ2v) is 6.30. The molecule has 3 aromatic rings. The standard InChI is InChI=1S/C19H20N4O3/c1-25-17-8-6-12(11-18(17)26-2)16-4-3-9-23(16)19(24)13-5-7-14-15(10-13)21-22-20-14/h5-8,10-11,16H,3-4,9H2,1-2H3,(H,20,21,22)/t16-/m0/s1. The van der Waals surface area contributed by atoms with Crippen molar-refractivity contribution in [3.63, 3.8) is 0 Å². The molecule has 2 aromatic carbocycles. The van der Waals surface area contributed by atoms with Crippen LogP contribution in [0.3, 0.4) is 0 Å². The van der Waals surface area contributed by atoms with E-state index in [1.165, 1.54) is 0 Å². The Morgan fingerprint density at radius 2 is 1.88 bits per heavy atom. The average molecular weight is 352 g/mol. The Bertz CT molecular complexity index is 953. The number of fused-ring (bicyclic) bond motifs is 1. The van der Waals surface area contributed by atoms with Gasteiger partial charge in [-0.15, -0.1) is 0 Å². The van der Waals surface area contributed by atoms with Crippen molar-refractivity contribution in [1.29, 1.82) is 0 Å². The summed E-state index contributed by atoms with van der Waals surface area (Å²) in [6, 6.07) is 11.3. The number of nitrogens with zero attached hydrogens (tertiary/aromatic N) is 3. The number of hydrogen-bond acceptors (Lipinski definition) is 5. The summed E-state index contributed by atoms with van der Waals surface area (Å²) in [4.78, 5) is 15.0. The highest BCUT2D eigenvalue weighted by atomic mass is 16.5. The number of methoxy groups -OCH3 is 2. The van der Waals surface area contributed by atoms with Gasteiger partial charge in [0.1, 0.15) is 11.0 Å². The van der Waals surface area contributed by atoms with Crippen LogP contribution in [0.25, 0.3) is 11.0 Å². The molecule has 4 rings (SSSR count). The third kappa shape index (κ3) is 2.75. The van der Waals surface area contributed by atoms with Gasteiger partial charge < -0.3 is 14.4 Å². The minimum Gasteiger partial charge on any atom is -0.493 e. The van der Waals surface area contributed by atoms with Crippen LogP contribution in [0.2, 0.25) is 0 Å². The lowest BCUT2D eigenvalue weighted by Crippen LogP contribution is -2.30. The lowest BCUT2D eigenvalue weighted by atomic mass is 10.0. The molecule has 0 bridgehead atoms. The van der Waals surface area contributed by atoms with Gasteiger partial charge in [-0.1, -0.05) is 6.07 Å². The van der Waals surface area contributed by atoms with Gasteiger partial charge in [-0.3, -0.25) is 4.79 Å². The summed E-state index contributed by atoms with van der Waals surface area (Å²) in [5.41, 5.74) is 3.12. The molecule has 2 heterocycles. The fourth-order valence-corrected chi connectivity index (χ4v) is 3.56. The predicted molar refractivity (Wildman–Crippen MR) is 96.4 cm³/mol. The second-order valence-electron chi connectivity index (χ2n) is 6.30. The van der Waals surface area contributed by atoms with Gasteiger partial charge in [0.05, 0.1) is 20.3 Å². The number of nitrogens with one attached hydrogen (secondary N) is 1. The van der Waals surface area contributed by atoms with Crippen LogP contribution in [0.15, 0.2) is 36.4 Å². The van der Waals surface area contributed by atoms with E-state index < -0.39 is 0 Å². The molecule has 1 aromatic heterocycles. The Morgan fingerprint density at radius 3 is 2.69 bits per heavy atom. The van der Waals surface area contributed by atoms with Crippen LogP contribution in [0, 0.1) is 0 Å². The summed E-state index contributed by atoms with van der Waals surface area (Å²) in [5.74, 6) is 1.36. The number of ether oxygens (including phenoxy) is 2. The van der Waals surface area contributed by atoms with E-state index in [0.717, 1.165) is 30.5 Å². The maximum absolute atomic E-state index is 13.1. The van der Waals surface area contributed by atoms with Gasteiger partial charge in [-0.2, -0.15) is 15.4 Å². The van der Waals surface area contributed by atoms with Gasteiger partial charge in [-0.25, -0.2) is 0 Å². The van der Waals surface area contributed by atoms with Gasteiger partial charge in [0.2, 0.25) is 0 Å². The SMILES string of the molecule is COc1ccc([C@@H]2CCCN2C(=O)c2ccc3n[nH]nc3c2)cc1OC. The van der Waals surface area contributed by atoms with Crippen LogP contribution in [0.4, 0.5) is 0 Å². The van der Waals surface area contributed by atoms with Gasteiger partial charge in [0.25, 0.3) is 5.91 Å². The van der Waals surface area contributed by atoms with Crippen molar-refractivity contribution < 1.29 is 14.3 Å². The van der Waals surface area contributed by atoms with Gasteiger partial charge >= 0.3 is 0 Å². The fraction of sp³-hybridized carbons (Fsp3) is 0.316. The molecule has 26 heavy (non-hydrogen) atoms. The first-order chi connectivity index (χ1) is 12.7. The van der Waals surface area contributed by atoms with Crippen molar-refractivity contribution in [2.24, 2.45) is 0 Å². The topological polar surface area (TPSA) is 80.3 Å². The normalized spacial score (nSPS) is 16.8. The molecule has 7 heteroatoms. The summed E-state index contributed by atoms with van der Waals surface area (Å²) in [6.45, 7) is 0.731. The van der Waals surface area contributed by atoms with Gasteiger partial charge in [0.15, 0.2) is 11.5 Å². The number of benzene rings is 2. The number of likely N-dealkylation sites (tertiary alicyclic amines) is 1. The molecule has 1 aliphatic rings. The van der Waals surface area contributed by atoms with Crippen LogP contribution in [-0.4, -0.2) is 47.0 Å². The minimum absolute atomic E-state index is 0.00665.